The first-order valence-corrected chi connectivity index (χ1v) is 28.5. The second-order valence-corrected chi connectivity index (χ2v) is 24.4. The van der Waals surface area contributed by atoms with Crippen LogP contribution < -0.4 is 20.7 Å². The van der Waals surface area contributed by atoms with Crippen molar-refractivity contribution in [3.63, 3.8) is 0 Å². The number of para-hydroxylation sites is 4. The lowest BCUT2D eigenvalue weighted by Gasteiger charge is -2.42. The molecule has 16 rings (SSSR count). The van der Waals surface area contributed by atoms with Gasteiger partial charge in [0, 0.05) is 66.9 Å². The van der Waals surface area contributed by atoms with Gasteiger partial charge in [0.1, 0.15) is 11.2 Å². The number of furan rings is 1. The molecule has 5 heteroatoms. The van der Waals surface area contributed by atoms with Crippen LogP contribution >= 0.6 is 0 Å². The van der Waals surface area contributed by atoms with Crippen LogP contribution in [0.25, 0.3) is 98.7 Å². The molecule has 0 radical (unpaired) electrons. The van der Waals surface area contributed by atoms with Crippen molar-refractivity contribution in [1.82, 2.24) is 4.48 Å². The van der Waals surface area contributed by atoms with Gasteiger partial charge in [-0.2, -0.15) is 0 Å². The molecule has 386 valence electrons. The smallest absolute Gasteiger partial charge is 0.333 e. The van der Waals surface area contributed by atoms with Gasteiger partial charge in [-0.25, -0.2) is 0 Å². The minimum atomic E-state index is -0.249. The molecule has 4 heterocycles. The Labute approximate surface area is 472 Å². The van der Waals surface area contributed by atoms with Gasteiger partial charge in [-0.3, -0.25) is 0 Å². The van der Waals surface area contributed by atoms with Crippen molar-refractivity contribution >= 4 is 117 Å². The van der Waals surface area contributed by atoms with Crippen LogP contribution in [0.3, 0.4) is 0 Å². The predicted molar refractivity (Wildman–Crippen MR) is 345 cm³/mol. The standard InChI is InChI=1S/C76H58BN3O/c1-75(2,3)49-39-50(76(4,5)6)41-53(40-49)79-66-46-60-59(69(47-25-11-7-12-26-47)56-34-19-20-35-57(56)70(60)48-27-13-8-14-28-48)45-64(66)77-72-61(42-54(43-67(72)79)78(51-29-15-9-16-30-51)52-31-17-10-18-32-52)62-44-63-55-33-22-24-38-68(55)81-74(63)71-58-36-21-23-37-65(58)80(77)73(62)71/h7-46H,1-6H3. The van der Waals surface area contributed by atoms with Crippen LogP contribution in [0.15, 0.2) is 247 Å². The van der Waals surface area contributed by atoms with E-state index in [1.807, 2.05) is 0 Å². The highest BCUT2D eigenvalue weighted by Gasteiger charge is 2.45. The maximum atomic E-state index is 7.09. The topological polar surface area (TPSA) is 24.6 Å². The summed E-state index contributed by atoms with van der Waals surface area (Å²) in [5.74, 6) is 0. The minimum Gasteiger partial charge on any atom is -0.455 e. The fourth-order valence-corrected chi connectivity index (χ4v) is 13.8. The molecule has 0 aliphatic carbocycles. The van der Waals surface area contributed by atoms with Crippen molar-refractivity contribution in [3.8, 4) is 33.4 Å². The van der Waals surface area contributed by atoms with Crippen molar-refractivity contribution in [3.05, 3.63) is 254 Å². The lowest BCUT2D eigenvalue weighted by atomic mass is 9.44. The van der Waals surface area contributed by atoms with Gasteiger partial charge in [-0.05, 0) is 155 Å². The molecule has 0 fully saturated rings. The Kier molecular flexibility index (Phi) is 10.2. The maximum absolute atomic E-state index is 7.09. The average Bonchev–Trinajstić information content (AvgIpc) is 2.25. The lowest BCUT2D eigenvalue weighted by molar-refractivity contribution is 0.569. The summed E-state index contributed by atoms with van der Waals surface area (Å²) in [5, 5.41) is 9.47. The third-order valence-corrected chi connectivity index (χ3v) is 17.5. The molecule has 81 heavy (non-hydrogen) atoms. The van der Waals surface area contributed by atoms with Gasteiger partial charge in [0.2, 0.25) is 0 Å². The zero-order chi connectivity index (χ0) is 54.5. The SMILES string of the molecule is CC(C)(C)c1cc(N2c3cc4c(-c5ccccc5)c5ccccc5c(-c5ccccc5)c4cc3B3c4c(cc(N(c5ccccc5)c5ccccc5)cc42)-c2cc4c5ccccc5oc4c4c5ccccc5n3c24)cc(C(C)(C)C)c1. The fourth-order valence-electron chi connectivity index (χ4n) is 13.8. The summed E-state index contributed by atoms with van der Waals surface area (Å²) < 4.78 is 9.79. The molecule has 2 aliphatic rings. The largest absolute Gasteiger partial charge is 0.455 e. The number of hydrogen-bond donors (Lipinski definition) is 0. The first-order chi connectivity index (χ1) is 39.5. The molecular weight excluding hydrogens is 982 g/mol. The highest BCUT2D eigenvalue weighted by atomic mass is 16.3. The number of benzene rings is 12. The van der Waals surface area contributed by atoms with E-state index >= 15 is 0 Å². The van der Waals surface area contributed by atoms with Crippen LogP contribution in [0.1, 0.15) is 52.7 Å². The van der Waals surface area contributed by atoms with Gasteiger partial charge in [-0.15, -0.1) is 0 Å². The molecule has 0 N–H and O–H groups in total. The van der Waals surface area contributed by atoms with E-state index in [1.54, 1.807) is 0 Å². The first-order valence-electron chi connectivity index (χ1n) is 28.5. The van der Waals surface area contributed by atoms with Gasteiger partial charge < -0.3 is 18.7 Å². The van der Waals surface area contributed by atoms with E-state index in [9.17, 15) is 0 Å². The monoisotopic (exact) mass is 1040 g/mol. The number of anilines is 6. The molecule has 2 aromatic heterocycles. The number of nitrogens with zero attached hydrogens (tertiary/aromatic N) is 3. The van der Waals surface area contributed by atoms with E-state index < -0.39 is 0 Å². The highest BCUT2D eigenvalue weighted by Crippen LogP contribution is 2.54. The fraction of sp³-hybridized carbons (Fsp3) is 0.105. The molecule has 4 nitrogen and oxygen atoms in total. The molecule has 0 spiro atoms. The Balaban J connectivity index is 1.15. The third-order valence-electron chi connectivity index (χ3n) is 17.5. The second-order valence-electron chi connectivity index (χ2n) is 24.4. The molecule has 0 atom stereocenters. The summed E-state index contributed by atoms with van der Waals surface area (Å²) in [6, 6.07) is 90.7. The Morgan fingerprint density at radius 3 is 1.52 bits per heavy atom. The van der Waals surface area contributed by atoms with Crippen molar-refractivity contribution in [2.24, 2.45) is 0 Å². The van der Waals surface area contributed by atoms with E-state index in [-0.39, 0.29) is 17.7 Å². The van der Waals surface area contributed by atoms with Crippen LogP contribution in [0.4, 0.5) is 34.1 Å². The van der Waals surface area contributed by atoms with Gasteiger partial charge in [0.25, 0.3) is 0 Å². The highest BCUT2D eigenvalue weighted by molar-refractivity contribution is 6.90. The van der Waals surface area contributed by atoms with E-state index in [2.05, 4.69) is 298 Å². The second kappa shape index (κ2) is 17.5. The van der Waals surface area contributed by atoms with Crippen LogP contribution in [0, 0.1) is 0 Å². The molecule has 0 bridgehead atoms. The van der Waals surface area contributed by atoms with Crippen LogP contribution in [0.2, 0.25) is 0 Å². The molecule has 0 amide bonds. The maximum Gasteiger partial charge on any atom is 0.333 e. The lowest BCUT2D eigenvalue weighted by Crippen LogP contribution is -2.56. The van der Waals surface area contributed by atoms with Crippen LogP contribution in [0.5, 0.6) is 0 Å². The number of fused-ring (bicyclic) bond motifs is 13. The summed E-state index contributed by atoms with van der Waals surface area (Å²) >= 11 is 0. The van der Waals surface area contributed by atoms with E-state index in [0.29, 0.717) is 0 Å². The summed E-state index contributed by atoms with van der Waals surface area (Å²) in [7, 11) is 0. The van der Waals surface area contributed by atoms with Crippen molar-refractivity contribution in [2.75, 3.05) is 9.80 Å². The Bertz CT molecular complexity index is 4820. The zero-order valence-electron chi connectivity index (χ0n) is 46.4. The first kappa shape index (κ1) is 47.4. The Hall–Kier alpha value is -9.58. The van der Waals surface area contributed by atoms with Gasteiger partial charge in [-0.1, -0.05) is 211 Å². The normalized spacial score (nSPS) is 13.0. The third kappa shape index (κ3) is 7.10. The van der Waals surface area contributed by atoms with Gasteiger partial charge >= 0.3 is 6.85 Å². The number of hydrogen-bond acceptors (Lipinski definition) is 3. The predicted octanol–water partition coefficient (Wildman–Crippen LogP) is 19.8. The molecule has 0 saturated heterocycles. The number of aromatic nitrogens is 1. The van der Waals surface area contributed by atoms with Crippen molar-refractivity contribution < 1.29 is 4.42 Å². The minimum absolute atomic E-state index is 0.142. The van der Waals surface area contributed by atoms with Gasteiger partial charge in [0.05, 0.1) is 5.39 Å². The van der Waals surface area contributed by atoms with Gasteiger partial charge in [0.15, 0.2) is 0 Å². The quantitative estimate of drug-likeness (QED) is 0.123. The van der Waals surface area contributed by atoms with E-state index in [1.165, 1.54) is 93.4 Å². The molecule has 2 aliphatic heterocycles. The molecule has 0 saturated carbocycles. The number of rotatable bonds is 6. The van der Waals surface area contributed by atoms with E-state index in [4.69, 9.17) is 4.42 Å². The molecule has 0 unspecified atom stereocenters. The molecule has 14 aromatic rings. The average molecular weight is 1040 g/mol. The van der Waals surface area contributed by atoms with Crippen molar-refractivity contribution in [1.29, 1.82) is 0 Å². The van der Waals surface area contributed by atoms with E-state index in [0.717, 1.165) is 61.4 Å². The summed E-state index contributed by atoms with van der Waals surface area (Å²) in [6.07, 6.45) is 0. The molecular formula is C76H58BN3O. The Morgan fingerprint density at radius 1 is 0.407 bits per heavy atom. The van der Waals surface area contributed by atoms with Crippen LogP contribution in [-0.2, 0) is 10.8 Å². The van der Waals surface area contributed by atoms with Crippen LogP contribution in [-0.4, -0.2) is 11.3 Å². The summed E-state index contributed by atoms with van der Waals surface area (Å²) in [6.45, 7) is 13.9. The summed E-state index contributed by atoms with van der Waals surface area (Å²) in [5.41, 5.74) is 23.0. The van der Waals surface area contributed by atoms with Crippen molar-refractivity contribution in [2.45, 2.75) is 52.4 Å². The molecule has 12 aromatic carbocycles. The zero-order valence-corrected chi connectivity index (χ0v) is 46.4. The summed E-state index contributed by atoms with van der Waals surface area (Å²) in [4.78, 5) is 5.11. The Morgan fingerprint density at radius 2 is 0.926 bits per heavy atom.